The van der Waals surface area contributed by atoms with Crippen LogP contribution in [0.5, 0.6) is 17.2 Å². The van der Waals surface area contributed by atoms with Crippen LogP contribution in [0, 0.1) is 5.82 Å². The summed E-state index contributed by atoms with van der Waals surface area (Å²) in [5.41, 5.74) is -0.923. The molecule has 0 aliphatic carbocycles. The van der Waals surface area contributed by atoms with Crippen molar-refractivity contribution in [1.29, 1.82) is 0 Å². The molecule has 1 N–H and O–H groups in total. The number of nitrogens with zero attached hydrogens (tertiary/aromatic N) is 2. The lowest BCUT2D eigenvalue weighted by Gasteiger charge is -2.17. The van der Waals surface area contributed by atoms with Gasteiger partial charge in [0.05, 0.1) is 28.7 Å². The van der Waals surface area contributed by atoms with Gasteiger partial charge < -0.3 is 18.6 Å². The van der Waals surface area contributed by atoms with Gasteiger partial charge in [-0.1, -0.05) is 6.07 Å². The maximum absolute atomic E-state index is 13.7. The van der Waals surface area contributed by atoms with Gasteiger partial charge in [0.15, 0.2) is 5.75 Å². The first-order chi connectivity index (χ1) is 16.1. The van der Waals surface area contributed by atoms with Crippen molar-refractivity contribution in [2.45, 2.75) is 4.90 Å². The molecule has 176 valence electrons. The number of nitrogens with one attached hydrogen (secondary N) is 1. The average Bonchev–Trinajstić information content (AvgIpc) is 2.82. The zero-order chi connectivity index (χ0) is 24.6. The van der Waals surface area contributed by atoms with Gasteiger partial charge >= 0.3 is 11.1 Å². The molecule has 9 nitrogen and oxygen atoms in total. The van der Waals surface area contributed by atoms with E-state index in [9.17, 15) is 22.4 Å². The number of rotatable bonds is 6. The summed E-state index contributed by atoms with van der Waals surface area (Å²) in [6, 6.07) is 13.9. The van der Waals surface area contributed by atoms with Crippen molar-refractivity contribution in [3.8, 4) is 17.2 Å². The van der Waals surface area contributed by atoms with Gasteiger partial charge in [-0.3, -0.25) is 14.3 Å². The van der Waals surface area contributed by atoms with Crippen LogP contribution in [0.15, 0.2) is 75.1 Å². The maximum atomic E-state index is 13.7. The second kappa shape index (κ2) is 8.67. The standard InChI is InChI=1S/C23H20FN3O6S/c1-26-19-12-18(25-34(30,31)17-6-4-5-14(24)11-17)21(13-20(19)27(2)23(29)22(26)28)33-16-9-7-15(32-3)8-10-16/h4-13,25H,1-3H3. The van der Waals surface area contributed by atoms with Crippen molar-refractivity contribution in [3.63, 3.8) is 0 Å². The number of hydrogen-bond donors (Lipinski definition) is 1. The molecule has 34 heavy (non-hydrogen) atoms. The molecule has 1 aromatic heterocycles. The molecule has 0 amide bonds. The number of methoxy groups -OCH3 is 1. The second-order valence-electron chi connectivity index (χ2n) is 7.41. The van der Waals surface area contributed by atoms with Crippen LogP contribution in [0.3, 0.4) is 0 Å². The van der Waals surface area contributed by atoms with Crippen molar-refractivity contribution in [2.75, 3.05) is 11.8 Å². The van der Waals surface area contributed by atoms with Crippen LogP contribution in [-0.2, 0) is 24.1 Å². The summed E-state index contributed by atoms with van der Waals surface area (Å²) in [6.45, 7) is 0. The minimum atomic E-state index is -4.22. The van der Waals surface area contributed by atoms with Crippen molar-refractivity contribution in [3.05, 3.63) is 87.2 Å². The lowest BCUT2D eigenvalue weighted by molar-refractivity contribution is 0.413. The number of anilines is 1. The molecule has 0 atom stereocenters. The third kappa shape index (κ3) is 4.25. The van der Waals surface area contributed by atoms with E-state index >= 15 is 0 Å². The number of benzene rings is 3. The lowest BCUT2D eigenvalue weighted by Crippen LogP contribution is -2.39. The van der Waals surface area contributed by atoms with Gasteiger partial charge in [0.2, 0.25) is 0 Å². The normalized spacial score (nSPS) is 11.4. The summed E-state index contributed by atoms with van der Waals surface area (Å²) in [5.74, 6) is 0.302. The molecule has 1 heterocycles. The molecule has 4 aromatic rings. The first-order valence-corrected chi connectivity index (χ1v) is 11.4. The first-order valence-electron chi connectivity index (χ1n) is 9.95. The Balaban J connectivity index is 1.90. The topological polar surface area (TPSA) is 109 Å². The Morgan fingerprint density at radius 1 is 0.853 bits per heavy atom. The first kappa shape index (κ1) is 23.1. The summed E-state index contributed by atoms with van der Waals surface area (Å²) in [6.07, 6.45) is 0. The summed E-state index contributed by atoms with van der Waals surface area (Å²) in [5, 5.41) is 0. The number of halogens is 1. The van der Waals surface area contributed by atoms with Crippen molar-refractivity contribution < 1.29 is 22.3 Å². The zero-order valence-electron chi connectivity index (χ0n) is 18.4. The van der Waals surface area contributed by atoms with E-state index in [1.807, 2.05) is 0 Å². The Bertz CT molecular complexity index is 1630. The van der Waals surface area contributed by atoms with Crippen LogP contribution in [0.2, 0.25) is 0 Å². The molecule has 0 saturated heterocycles. The Morgan fingerprint density at radius 2 is 1.44 bits per heavy atom. The van der Waals surface area contributed by atoms with Gasteiger partial charge in [0.25, 0.3) is 10.0 Å². The molecule has 4 rings (SSSR count). The molecule has 0 radical (unpaired) electrons. The van der Waals surface area contributed by atoms with Crippen LogP contribution in [-0.4, -0.2) is 24.7 Å². The van der Waals surface area contributed by atoms with Crippen LogP contribution in [0.4, 0.5) is 10.1 Å². The number of fused-ring (bicyclic) bond motifs is 1. The number of sulfonamides is 1. The number of hydrogen-bond acceptors (Lipinski definition) is 6. The molecular formula is C23H20FN3O6S. The third-order valence-corrected chi connectivity index (χ3v) is 6.59. The number of aryl methyl sites for hydroxylation is 2. The highest BCUT2D eigenvalue weighted by atomic mass is 32.2. The molecule has 11 heteroatoms. The van der Waals surface area contributed by atoms with Crippen LogP contribution in [0.1, 0.15) is 0 Å². The highest BCUT2D eigenvalue weighted by Crippen LogP contribution is 2.35. The van der Waals surface area contributed by atoms with E-state index < -0.39 is 27.0 Å². The molecule has 0 unspecified atom stereocenters. The van der Waals surface area contributed by atoms with E-state index in [1.165, 1.54) is 45.5 Å². The van der Waals surface area contributed by atoms with Gasteiger partial charge in [0.1, 0.15) is 17.3 Å². The van der Waals surface area contributed by atoms with Crippen molar-refractivity contribution >= 4 is 26.7 Å². The van der Waals surface area contributed by atoms with E-state index in [4.69, 9.17) is 9.47 Å². The summed E-state index contributed by atoms with van der Waals surface area (Å²) >= 11 is 0. The predicted molar refractivity (Wildman–Crippen MR) is 125 cm³/mol. The largest absolute Gasteiger partial charge is 0.497 e. The van der Waals surface area contributed by atoms with Crippen LogP contribution in [0.25, 0.3) is 11.0 Å². The second-order valence-corrected chi connectivity index (χ2v) is 9.09. The Hall–Kier alpha value is -4.12. The number of ether oxygens (including phenoxy) is 2. The third-order valence-electron chi connectivity index (χ3n) is 5.23. The quantitative estimate of drug-likeness (QED) is 0.421. The lowest BCUT2D eigenvalue weighted by atomic mass is 10.2. The monoisotopic (exact) mass is 485 g/mol. The smallest absolute Gasteiger partial charge is 0.316 e. The summed E-state index contributed by atoms with van der Waals surface area (Å²) in [4.78, 5) is 24.3. The minimum Gasteiger partial charge on any atom is -0.497 e. The number of aromatic nitrogens is 2. The van der Waals surface area contributed by atoms with Gasteiger partial charge in [0, 0.05) is 20.2 Å². The summed E-state index contributed by atoms with van der Waals surface area (Å²) < 4.78 is 55.3. The Morgan fingerprint density at radius 3 is 2.03 bits per heavy atom. The molecule has 3 aromatic carbocycles. The van der Waals surface area contributed by atoms with E-state index in [1.54, 1.807) is 24.3 Å². The molecule has 0 fully saturated rings. The molecule has 0 aliphatic heterocycles. The summed E-state index contributed by atoms with van der Waals surface area (Å²) in [7, 11) is 0.134. The molecule has 0 bridgehead atoms. The fourth-order valence-electron chi connectivity index (χ4n) is 3.37. The fourth-order valence-corrected chi connectivity index (χ4v) is 4.47. The van der Waals surface area contributed by atoms with E-state index in [0.29, 0.717) is 17.0 Å². The molecule has 0 aliphatic rings. The molecule has 0 spiro atoms. The average molecular weight is 485 g/mol. The van der Waals surface area contributed by atoms with E-state index in [-0.39, 0.29) is 21.8 Å². The molecule has 0 saturated carbocycles. The highest BCUT2D eigenvalue weighted by molar-refractivity contribution is 7.92. The maximum Gasteiger partial charge on any atom is 0.316 e. The SMILES string of the molecule is COc1ccc(Oc2cc3c(cc2NS(=O)(=O)c2cccc(F)c2)n(C)c(=O)c(=O)n3C)cc1. The van der Waals surface area contributed by atoms with Gasteiger partial charge in [-0.2, -0.15) is 0 Å². The predicted octanol–water partition coefficient (Wildman–Crippen LogP) is 2.98. The Labute approximate surface area is 193 Å². The van der Waals surface area contributed by atoms with Crippen molar-refractivity contribution in [1.82, 2.24) is 9.13 Å². The molecular weight excluding hydrogens is 465 g/mol. The van der Waals surface area contributed by atoms with Crippen LogP contribution >= 0.6 is 0 Å². The van der Waals surface area contributed by atoms with E-state index in [0.717, 1.165) is 21.3 Å². The van der Waals surface area contributed by atoms with Crippen LogP contribution < -0.4 is 25.3 Å². The van der Waals surface area contributed by atoms with Gasteiger partial charge in [-0.05, 0) is 48.5 Å². The minimum absolute atomic E-state index is 0.0128. The van der Waals surface area contributed by atoms with Crippen molar-refractivity contribution in [2.24, 2.45) is 14.1 Å². The van der Waals surface area contributed by atoms with E-state index in [2.05, 4.69) is 4.72 Å². The Kier molecular flexibility index (Phi) is 5.88. The van der Waals surface area contributed by atoms with Gasteiger partial charge in [-0.15, -0.1) is 0 Å². The van der Waals surface area contributed by atoms with Gasteiger partial charge in [-0.25, -0.2) is 12.8 Å². The zero-order valence-corrected chi connectivity index (χ0v) is 19.2. The highest BCUT2D eigenvalue weighted by Gasteiger charge is 2.20. The fraction of sp³-hybridized carbons (Fsp3) is 0.130.